The number of nitrogens with two attached hydrogens (primary N) is 1. The highest BCUT2D eigenvalue weighted by atomic mass is 19.2. The highest BCUT2D eigenvalue weighted by Crippen LogP contribution is 2.32. The number of anilines is 2. The molecule has 9 nitrogen and oxygen atoms in total. The normalized spacial score (nSPS) is 10.9. The van der Waals surface area contributed by atoms with Gasteiger partial charge in [-0.05, 0) is 5.56 Å². The van der Waals surface area contributed by atoms with Gasteiger partial charge in [0.25, 0.3) is 0 Å². The zero-order valence-corrected chi connectivity index (χ0v) is 18.9. The maximum Gasteiger partial charge on any atom is 0.328 e. The molecule has 0 unspecified atom stereocenters. The van der Waals surface area contributed by atoms with Gasteiger partial charge < -0.3 is 30.6 Å². The summed E-state index contributed by atoms with van der Waals surface area (Å²) in [5.41, 5.74) is 6.18. The van der Waals surface area contributed by atoms with Crippen LogP contribution in [0, 0.1) is 29.1 Å². The maximum atomic E-state index is 14.1. The lowest BCUT2D eigenvalue weighted by atomic mass is 10.2. The quantitative estimate of drug-likeness (QED) is 0.129. The van der Waals surface area contributed by atoms with Crippen molar-refractivity contribution in [3.8, 4) is 11.8 Å². The zero-order chi connectivity index (χ0) is 25.9. The van der Waals surface area contributed by atoms with E-state index in [0.717, 1.165) is 5.56 Å². The molecule has 0 aliphatic carbocycles. The van der Waals surface area contributed by atoms with E-state index in [2.05, 4.69) is 25.6 Å². The smallest absolute Gasteiger partial charge is 0.328 e. The van der Waals surface area contributed by atoms with Crippen LogP contribution in [0.1, 0.15) is 5.56 Å². The van der Waals surface area contributed by atoms with E-state index >= 15 is 0 Å². The molecule has 2 aromatic carbocycles. The Morgan fingerprint density at radius 2 is 1.28 bits per heavy atom. The van der Waals surface area contributed by atoms with Crippen LogP contribution in [0.25, 0.3) is 0 Å². The molecule has 3 rings (SSSR count). The molecule has 1 heterocycles. The lowest BCUT2D eigenvalue weighted by molar-refractivity contribution is 0.0547. The summed E-state index contributed by atoms with van der Waals surface area (Å²) in [6, 6.07) is 8.41. The third-order valence-electron chi connectivity index (χ3n) is 4.43. The van der Waals surface area contributed by atoms with E-state index in [4.69, 9.17) is 19.9 Å². The van der Waals surface area contributed by atoms with Crippen LogP contribution in [-0.2, 0) is 16.0 Å². The number of hydrogen-bond acceptors (Lipinski definition) is 9. The fraction of sp³-hybridized carbons (Fsp3) is 0.318. The first-order chi connectivity index (χ1) is 17.4. The summed E-state index contributed by atoms with van der Waals surface area (Å²) in [5, 5.41) is 5.69. The third-order valence-corrected chi connectivity index (χ3v) is 4.43. The van der Waals surface area contributed by atoms with Gasteiger partial charge in [-0.3, -0.25) is 0 Å². The van der Waals surface area contributed by atoms with Crippen molar-refractivity contribution in [3.63, 3.8) is 0 Å². The molecule has 0 saturated carbocycles. The molecule has 0 radical (unpaired) electrons. The van der Waals surface area contributed by atoms with Crippen molar-refractivity contribution < 1.29 is 36.2 Å². The molecule has 0 aliphatic rings. The molecule has 14 heteroatoms. The summed E-state index contributed by atoms with van der Waals surface area (Å²) in [7, 11) is 0. The second-order valence-electron chi connectivity index (χ2n) is 7.05. The van der Waals surface area contributed by atoms with Crippen LogP contribution < -0.4 is 21.1 Å². The van der Waals surface area contributed by atoms with Gasteiger partial charge in [-0.2, -0.15) is 23.7 Å². The van der Waals surface area contributed by atoms with E-state index in [1.807, 2.05) is 30.3 Å². The van der Waals surface area contributed by atoms with E-state index in [0.29, 0.717) is 26.4 Å². The molecule has 36 heavy (non-hydrogen) atoms. The molecule has 0 fully saturated rings. The van der Waals surface area contributed by atoms with E-state index in [-0.39, 0.29) is 31.6 Å². The van der Waals surface area contributed by atoms with Crippen molar-refractivity contribution in [2.45, 2.75) is 6.54 Å². The van der Waals surface area contributed by atoms with E-state index in [9.17, 15) is 22.0 Å². The van der Waals surface area contributed by atoms with Crippen molar-refractivity contribution in [2.75, 3.05) is 50.2 Å². The number of rotatable bonds is 14. The van der Waals surface area contributed by atoms with Crippen molar-refractivity contribution >= 4 is 11.9 Å². The number of ether oxygens (including phenoxy) is 3. The summed E-state index contributed by atoms with van der Waals surface area (Å²) in [4.78, 5) is 11.8. The Hall–Kier alpha value is -3.62. The minimum atomic E-state index is -2.31. The molecule has 194 valence electrons. The molecular formula is C22H23F5N6O3. The maximum absolute atomic E-state index is 14.1. The second-order valence-corrected chi connectivity index (χ2v) is 7.05. The topological polar surface area (TPSA) is 116 Å². The molecular weight excluding hydrogens is 491 g/mol. The highest BCUT2D eigenvalue weighted by Gasteiger charge is 2.28. The van der Waals surface area contributed by atoms with Crippen LogP contribution in [0.2, 0.25) is 0 Å². The average molecular weight is 514 g/mol. The average Bonchev–Trinajstić information content (AvgIpc) is 2.90. The van der Waals surface area contributed by atoms with Gasteiger partial charge in [-0.1, -0.05) is 30.3 Å². The summed E-state index contributed by atoms with van der Waals surface area (Å²) in [6.07, 6.45) is 0. The van der Waals surface area contributed by atoms with Crippen LogP contribution in [0.5, 0.6) is 11.8 Å². The lowest BCUT2D eigenvalue weighted by Gasteiger charge is -2.12. The molecule has 4 N–H and O–H groups in total. The van der Waals surface area contributed by atoms with Gasteiger partial charge in [0.1, 0.15) is 0 Å². The van der Waals surface area contributed by atoms with Crippen molar-refractivity contribution in [3.05, 3.63) is 65.0 Å². The molecule has 3 aromatic rings. The van der Waals surface area contributed by atoms with Crippen LogP contribution in [0.15, 0.2) is 30.3 Å². The van der Waals surface area contributed by atoms with Crippen molar-refractivity contribution in [2.24, 2.45) is 5.73 Å². The van der Waals surface area contributed by atoms with E-state index < -0.39 is 40.8 Å². The lowest BCUT2D eigenvalue weighted by Crippen LogP contribution is -2.16. The predicted molar refractivity (Wildman–Crippen MR) is 119 cm³/mol. The molecule has 0 saturated heterocycles. The Labute approximate surface area is 202 Å². The first kappa shape index (κ1) is 27.0. The van der Waals surface area contributed by atoms with Crippen molar-refractivity contribution in [1.29, 1.82) is 0 Å². The Kier molecular flexibility index (Phi) is 10.1. The zero-order valence-electron chi connectivity index (χ0n) is 18.9. The molecule has 0 spiro atoms. The van der Waals surface area contributed by atoms with Crippen LogP contribution in [-0.4, -0.2) is 54.5 Å². The summed E-state index contributed by atoms with van der Waals surface area (Å²) < 4.78 is 84.0. The minimum Gasteiger partial charge on any atom is -0.418 e. The number of nitrogens with one attached hydrogen (secondary N) is 2. The molecule has 0 amide bonds. The Morgan fingerprint density at radius 1 is 0.694 bits per heavy atom. The fourth-order valence-corrected chi connectivity index (χ4v) is 2.74. The number of aromatic nitrogens is 3. The Morgan fingerprint density at radius 3 is 1.92 bits per heavy atom. The molecule has 0 bridgehead atoms. The largest absolute Gasteiger partial charge is 0.418 e. The standard InChI is InChI=1S/C22H23F5N6O3/c23-14-15(24)17(26)19(18(27)16(14)25)36-22-32-20(29-7-9-35-11-10-34-8-6-28)31-21(33-22)30-12-13-4-2-1-3-5-13/h1-5H,6-12,28H2,(H2,29,30,31,32,33). The fourth-order valence-electron chi connectivity index (χ4n) is 2.74. The summed E-state index contributed by atoms with van der Waals surface area (Å²) >= 11 is 0. The minimum absolute atomic E-state index is 0.0775. The summed E-state index contributed by atoms with van der Waals surface area (Å²) in [5.74, 6) is -12.7. The van der Waals surface area contributed by atoms with Crippen LogP contribution >= 0.6 is 0 Å². The SMILES string of the molecule is NCCOCCOCCNc1nc(NCc2ccccc2)nc(Oc2c(F)c(F)c(F)c(F)c2F)n1. The molecule has 0 aliphatic heterocycles. The predicted octanol–water partition coefficient (Wildman–Crippen LogP) is 3.38. The van der Waals surface area contributed by atoms with Gasteiger partial charge in [-0.15, -0.1) is 0 Å². The van der Waals surface area contributed by atoms with Gasteiger partial charge in [0.15, 0.2) is 0 Å². The first-order valence-corrected chi connectivity index (χ1v) is 10.7. The first-order valence-electron chi connectivity index (χ1n) is 10.7. The highest BCUT2D eigenvalue weighted by molar-refractivity contribution is 5.39. The van der Waals surface area contributed by atoms with Gasteiger partial charge in [0.05, 0.1) is 26.4 Å². The monoisotopic (exact) mass is 514 g/mol. The van der Waals surface area contributed by atoms with E-state index in [1.54, 1.807) is 0 Å². The van der Waals surface area contributed by atoms with Crippen molar-refractivity contribution in [1.82, 2.24) is 15.0 Å². The number of hydrogen-bond donors (Lipinski definition) is 3. The van der Waals surface area contributed by atoms with Gasteiger partial charge in [-0.25, -0.2) is 13.2 Å². The molecule has 0 atom stereocenters. The Bertz CT molecular complexity index is 1110. The Balaban J connectivity index is 1.74. The van der Waals surface area contributed by atoms with Crippen LogP contribution in [0.3, 0.4) is 0 Å². The van der Waals surface area contributed by atoms with Gasteiger partial charge in [0.2, 0.25) is 46.7 Å². The van der Waals surface area contributed by atoms with Gasteiger partial charge >= 0.3 is 6.01 Å². The summed E-state index contributed by atoms with van der Waals surface area (Å²) in [6.45, 7) is 2.18. The number of halogens is 5. The van der Waals surface area contributed by atoms with E-state index in [1.165, 1.54) is 0 Å². The van der Waals surface area contributed by atoms with Crippen LogP contribution in [0.4, 0.5) is 33.8 Å². The number of nitrogens with zero attached hydrogens (tertiary/aromatic N) is 3. The third kappa shape index (κ3) is 7.44. The number of benzene rings is 2. The second kappa shape index (κ2) is 13.5. The van der Waals surface area contributed by atoms with Gasteiger partial charge in [0, 0.05) is 19.6 Å². The molecule has 1 aromatic heterocycles.